The molecule has 0 bridgehead atoms. The predicted molar refractivity (Wildman–Crippen MR) is 61.7 cm³/mol. The van der Waals surface area contributed by atoms with E-state index in [1.807, 2.05) is 0 Å². The van der Waals surface area contributed by atoms with Crippen LogP contribution in [-0.2, 0) is 6.54 Å². The van der Waals surface area contributed by atoms with Crippen LogP contribution in [0.4, 0.5) is 23.2 Å². The zero-order valence-electron chi connectivity index (χ0n) is 9.55. The third-order valence-corrected chi connectivity index (χ3v) is 2.51. The SMILES string of the molecule is Oc1ccc(F)cc1CNc1cc(F)c(F)c(F)c1. The third-order valence-electron chi connectivity index (χ3n) is 2.51. The van der Waals surface area contributed by atoms with Gasteiger partial charge in [-0.2, -0.15) is 0 Å². The van der Waals surface area contributed by atoms with E-state index in [4.69, 9.17) is 0 Å². The molecule has 0 radical (unpaired) electrons. The molecule has 0 fully saturated rings. The summed E-state index contributed by atoms with van der Waals surface area (Å²) in [6.07, 6.45) is 0. The highest BCUT2D eigenvalue weighted by molar-refractivity contribution is 5.46. The maximum Gasteiger partial charge on any atom is 0.194 e. The van der Waals surface area contributed by atoms with Gasteiger partial charge in [-0.1, -0.05) is 0 Å². The highest BCUT2D eigenvalue weighted by atomic mass is 19.2. The van der Waals surface area contributed by atoms with E-state index in [0.717, 1.165) is 30.3 Å². The van der Waals surface area contributed by atoms with E-state index < -0.39 is 23.3 Å². The van der Waals surface area contributed by atoms with E-state index in [1.165, 1.54) is 0 Å². The average molecular weight is 271 g/mol. The molecular formula is C13H9F4NO. The molecule has 0 aliphatic heterocycles. The molecule has 19 heavy (non-hydrogen) atoms. The van der Waals surface area contributed by atoms with Crippen LogP contribution in [0.3, 0.4) is 0 Å². The normalized spacial score (nSPS) is 10.5. The quantitative estimate of drug-likeness (QED) is 0.661. The van der Waals surface area contributed by atoms with Crippen molar-refractivity contribution in [2.75, 3.05) is 5.32 Å². The van der Waals surface area contributed by atoms with Crippen LogP contribution in [-0.4, -0.2) is 5.11 Å². The molecule has 0 amide bonds. The van der Waals surface area contributed by atoms with Crippen molar-refractivity contribution >= 4 is 5.69 Å². The van der Waals surface area contributed by atoms with Crippen molar-refractivity contribution < 1.29 is 22.7 Å². The van der Waals surface area contributed by atoms with Gasteiger partial charge in [-0.25, -0.2) is 17.6 Å². The number of benzene rings is 2. The molecule has 0 heterocycles. The van der Waals surface area contributed by atoms with E-state index in [9.17, 15) is 22.7 Å². The second kappa shape index (κ2) is 5.17. The van der Waals surface area contributed by atoms with E-state index in [1.54, 1.807) is 0 Å². The zero-order valence-corrected chi connectivity index (χ0v) is 9.55. The van der Waals surface area contributed by atoms with Crippen molar-refractivity contribution in [1.29, 1.82) is 0 Å². The van der Waals surface area contributed by atoms with Gasteiger partial charge < -0.3 is 10.4 Å². The fourth-order valence-electron chi connectivity index (χ4n) is 1.55. The lowest BCUT2D eigenvalue weighted by molar-refractivity contribution is 0.447. The average Bonchev–Trinajstić information content (AvgIpc) is 2.37. The van der Waals surface area contributed by atoms with Crippen LogP contribution in [0.1, 0.15) is 5.56 Å². The zero-order chi connectivity index (χ0) is 14.0. The summed E-state index contributed by atoms with van der Waals surface area (Å²) in [6.45, 7) is -0.0614. The van der Waals surface area contributed by atoms with Gasteiger partial charge in [0.05, 0.1) is 0 Å². The summed E-state index contributed by atoms with van der Waals surface area (Å²) in [7, 11) is 0. The Morgan fingerprint density at radius 1 is 0.947 bits per heavy atom. The smallest absolute Gasteiger partial charge is 0.194 e. The molecule has 2 aromatic rings. The van der Waals surface area contributed by atoms with Crippen LogP contribution in [0.2, 0.25) is 0 Å². The molecule has 100 valence electrons. The first kappa shape index (κ1) is 13.2. The summed E-state index contributed by atoms with van der Waals surface area (Å²) in [5, 5.41) is 12.0. The summed E-state index contributed by atoms with van der Waals surface area (Å²) in [5.74, 6) is -4.92. The Balaban J connectivity index is 2.17. The van der Waals surface area contributed by atoms with Gasteiger partial charge >= 0.3 is 0 Å². The van der Waals surface area contributed by atoms with Crippen LogP contribution in [0.15, 0.2) is 30.3 Å². The Morgan fingerprint density at radius 2 is 1.58 bits per heavy atom. The molecule has 2 rings (SSSR count). The summed E-state index contributed by atoms with van der Waals surface area (Å²) in [5.41, 5.74) is 0.199. The number of hydrogen-bond acceptors (Lipinski definition) is 2. The maximum absolute atomic E-state index is 12.9. The van der Waals surface area contributed by atoms with E-state index >= 15 is 0 Å². The molecule has 2 aromatic carbocycles. The molecule has 0 aliphatic carbocycles. The van der Waals surface area contributed by atoms with Crippen molar-refractivity contribution in [2.24, 2.45) is 0 Å². The third kappa shape index (κ3) is 2.96. The molecule has 6 heteroatoms. The van der Waals surface area contributed by atoms with Gasteiger partial charge in [-0.3, -0.25) is 0 Å². The minimum atomic E-state index is -1.56. The lowest BCUT2D eigenvalue weighted by Gasteiger charge is -2.09. The van der Waals surface area contributed by atoms with Crippen molar-refractivity contribution in [2.45, 2.75) is 6.54 Å². The van der Waals surface area contributed by atoms with Gasteiger partial charge in [-0.15, -0.1) is 0 Å². The first-order chi connectivity index (χ1) is 8.97. The van der Waals surface area contributed by atoms with Crippen LogP contribution in [0.5, 0.6) is 5.75 Å². The second-order valence-electron chi connectivity index (χ2n) is 3.88. The first-order valence-electron chi connectivity index (χ1n) is 5.33. The van der Waals surface area contributed by atoms with Gasteiger partial charge in [0.15, 0.2) is 17.5 Å². The maximum atomic E-state index is 12.9. The van der Waals surface area contributed by atoms with Crippen molar-refractivity contribution in [1.82, 2.24) is 0 Å². The van der Waals surface area contributed by atoms with Crippen molar-refractivity contribution in [3.63, 3.8) is 0 Å². The topological polar surface area (TPSA) is 32.3 Å². The van der Waals surface area contributed by atoms with Gasteiger partial charge in [0, 0.05) is 29.9 Å². The summed E-state index contributed by atoms with van der Waals surface area (Å²) in [4.78, 5) is 0. The molecule has 0 unspecified atom stereocenters. The molecule has 0 saturated heterocycles. The number of nitrogens with one attached hydrogen (secondary N) is 1. The lowest BCUT2D eigenvalue weighted by Crippen LogP contribution is -2.02. The highest BCUT2D eigenvalue weighted by Gasteiger charge is 2.10. The predicted octanol–water partition coefficient (Wildman–Crippen LogP) is 3.56. The largest absolute Gasteiger partial charge is 0.508 e. The van der Waals surface area contributed by atoms with Crippen molar-refractivity contribution in [3.05, 3.63) is 59.2 Å². The molecule has 0 saturated carbocycles. The first-order valence-corrected chi connectivity index (χ1v) is 5.33. The van der Waals surface area contributed by atoms with Crippen LogP contribution in [0.25, 0.3) is 0 Å². The fourth-order valence-corrected chi connectivity index (χ4v) is 1.55. The molecule has 0 aliphatic rings. The summed E-state index contributed by atoms with van der Waals surface area (Å²) < 4.78 is 51.6. The molecule has 2 nitrogen and oxygen atoms in total. The van der Waals surface area contributed by atoms with Gasteiger partial charge in [0.1, 0.15) is 11.6 Å². The summed E-state index contributed by atoms with van der Waals surface area (Å²) in [6, 6.07) is 4.87. The number of anilines is 1. The Bertz CT molecular complexity index is 593. The Hall–Kier alpha value is -2.24. The number of phenolic OH excluding ortho intramolecular Hbond substituents is 1. The number of hydrogen-bond donors (Lipinski definition) is 2. The minimum Gasteiger partial charge on any atom is -0.508 e. The number of rotatable bonds is 3. The van der Waals surface area contributed by atoms with Crippen LogP contribution in [0, 0.1) is 23.3 Å². The van der Waals surface area contributed by atoms with E-state index in [0.29, 0.717) is 0 Å². The summed E-state index contributed by atoms with van der Waals surface area (Å²) >= 11 is 0. The standard InChI is InChI=1S/C13H9F4NO/c14-8-1-2-12(19)7(3-8)6-18-9-4-10(15)13(17)11(16)5-9/h1-5,18-19H,6H2. The Morgan fingerprint density at radius 3 is 2.21 bits per heavy atom. The molecular weight excluding hydrogens is 262 g/mol. The second-order valence-corrected chi connectivity index (χ2v) is 3.88. The molecule has 0 atom stereocenters. The molecule has 0 spiro atoms. The molecule has 2 N–H and O–H groups in total. The fraction of sp³-hybridized carbons (Fsp3) is 0.0769. The minimum absolute atomic E-state index is 0.0138. The highest BCUT2D eigenvalue weighted by Crippen LogP contribution is 2.21. The number of halogens is 4. The van der Waals surface area contributed by atoms with E-state index in [-0.39, 0.29) is 23.5 Å². The Kier molecular flexibility index (Phi) is 3.59. The van der Waals surface area contributed by atoms with Crippen LogP contribution < -0.4 is 5.32 Å². The van der Waals surface area contributed by atoms with E-state index in [2.05, 4.69) is 5.32 Å². The number of aromatic hydroxyl groups is 1. The molecule has 0 aromatic heterocycles. The monoisotopic (exact) mass is 271 g/mol. The van der Waals surface area contributed by atoms with Gasteiger partial charge in [-0.05, 0) is 18.2 Å². The van der Waals surface area contributed by atoms with Crippen molar-refractivity contribution in [3.8, 4) is 5.75 Å². The number of phenols is 1. The van der Waals surface area contributed by atoms with Gasteiger partial charge in [0.2, 0.25) is 0 Å². The Labute approximate surface area is 106 Å². The van der Waals surface area contributed by atoms with Crippen LogP contribution >= 0.6 is 0 Å². The lowest BCUT2D eigenvalue weighted by atomic mass is 10.2. The van der Waals surface area contributed by atoms with Gasteiger partial charge in [0.25, 0.3) is 0 Å².